The van der Waals surface area contributed by atoms with E-state index in [1.165, 1.54) is 24.5 Å². The maximum Gasteiger partial charge on any atom is 0.252 e. The van der Waals surface area contributed by atoms with E-state index in [0.717, 1.165) is 11.3 Å². The first-order valence-corrected chi connectivity index (χ1v) is 5.79. The summed E-state index contributed by atoms with van der Waals surface area (Å²) in [5.74, 6) is 0.530. The van der Waals surface area contributed by atoms with Crippen molar-refractivity contribution in [3.63, 3.8) is 0 Å². The third-order valence-electron chi connectivity index (χ3n) is 2.65. The number of carbonyl (C=O) groups is 1. The zero-order valence-electron chi connectivity index (χ0n) is 10.5. The molecule has 0 saturated carbocycles. The lowest BCUT2D eigenvalue weighted by atomic mass is 10.2. The van der Waals surface area contributed by atoms with Gasteiger partial charge in [-0.15, -0.1) is 0 Å². The van der Waals surface area contributed by atoms with Crippen molar-refractivity contribution in [2.45, 2.75) is 6.54 Å². The fourth-order valence-corrected chi connectivity index (χ4v) is 1.63. The number of aromatic nitrogens is 1. The highest BCUT2D eigenvalue weighted by Gasteiger charge is 2.06. The minimum absolute atomic E-state index is 0.219. The van der Waals surface area contributed by atoms with E-state index < -0.39 is 0 Å². The van der Waals surface area contributed by atoms with Crippen LogP contribution in [0.3, 0.4) is 0 Å². The van der Waals surface area contributed by atoms with E-state index in [4.69, 9.17) is 4.74 Å². The zero-order chi connectivity index (χ0) is 13.7. The minimum atomic E-state index is -0.219. The number of ether oxygens (including phenoxy) is 1. The molecular formula is C14H14N2O3. The lowest BCUT2D eigenvalue weighted by molar-refractivity contribution is -0.605. The smallest absolute Gasteiger partial charge is 0.252 e. The van der Waals surface area contributed by atoms with Gasteiger partial charge in [0.15, 0.2) is 12.4 Å². The van der Waals surface area contributed by atoms with Crippen LogP contribution in [0.1, 0.15) is 15.9 Å². The number of carbonyl (C=O) groups excluding carboxylic acids is 1. The molecule has 0 saturated heterocycles. The second-order valence-corrected chi connectivity index (χ2v) is 3.98. The molecule has 2 rings (SSSR count). The Bertz CT molecular complexity index is 567. The second kappa shape index (κ2) is 5.86. The Morgan fingerprint density at radius 2 is 2.05 bits per heavy atom. The number of amides is 1. The molecular weight excluding hydrogens is 244 g/mol. The molecule has 0 spiro atoms. The van der Waals surface area contributed by atoms with Crippen LogP contribution in [0.5, 0.6) is 5.75 Å². The van der Waals surface area contributed by atoms with Crippen LogP contribution in [0, 0.1) is 5.21 Å². The van der Waals surface area contributed by atoms with Crippen LogP contribution in [0.4, 0.5) is 0 Å². The number of hydrogen-bond donors (Lipinski definition) is 1. The van der Waals surface area contributed by atoms with E-state index in [1.807, 2.05) is 24.3 Å². The average molecular weight is 258 g/mol. The molecule has 0 bridgehead atoms. The fraction of sp³-hybridized carbons (Fsp3) is 0.143. The maximum absolute atomic E-state index is 11.8. The molecule has 5 heteroatoms. The zero-order valence-corrected chi connectivity index (χ0v) is 10.5. The monoisotopic (exact) mass is 258 g/mol. The van der Waals surface area contributed by atoms with E-state index in [2.05, 4.69) is 5.32 Å². The van der Waals surface area contributed by atoms with Crippen LogP contribution >= 0.6 is 0 Å². The van der Waals surface area contributed by atoms with Gasteiger partial charge in [0.1, 0.15) is 5.75 Å². The summed E-state index contributed by atoms with van der Waals surface area (Å²) in [7, 11) is 1.60. The SMILES string of the molecule is COc1cccc(CNC(=O)c2cc[n+]([O-])cc2)c1. The Kier molecular flexibility index (Phi) is 3.97. The Balaban J connectivity index is 1.98. The highest BCUT2D eigenvalue weighted by molar-refractivity contribution is 5.93. The van der Waals surface area contributed by atoms with Gasteiger partial charge in [-0.2, -0.15) is 4.73 Å². The molecule has 19 heavy (non-hydrogen) atoms. The van der Waals surface area contributed by atoms with E-state index in [-0.39, 0.29) is 5.91 Å². The van der Waals surface area contributed by atoms with Gasteiger partial charge >= 0.3 is 0 Å². The predicted octanol–water partition coefficient (Wildman–Crippen LogP) is 1.26. The van der Waals surface area contributed by atoms with Crippen LogP contribution in [-0.4, -0.2) is 13.0 Å². The number of benzene rings is 1. The lowest BCUT2D eigenvalue weighted by Gasteiger charge is -2.06. The molecule has 1 amide bonds. The molecule has 0 fully saturated rings. The van der Waals surface area contributed by atoms with Gasteiger partial charge in [-0.05, 0) is 17.7 Å². The summed E-state index contributed by atoms with van der Waals surface area (Å²) in [6.45, 7) is 0.405. The number of hydrogen-bond acceptors (Lipinski definition) is 3. The highest BCUT2D eigenvalue weighted by atomic mass is 16.5. The second-order valence-electron chi connectivity index (χ2n) is 3.98. The Hall–Kier alpha value is -2.56. The topological polar surface area (TPSA) is 65.3 Å². The number of pyridine rings is 1. The fourth-order valence-electron chi connectivity index (χ4n) is 1.63. The third-order valence-corrected chi connectivity index (χ3v) is 2.65. The minimum Gasteiger partial charge on any atom is -0.619 e. The third kappa shape index (κ3) is 3.45. The van der Waals surface area contributed by atoms with Crippen LogP contribution in [-0.2, 0) is 6.54 Å². The van der Waals surface area contributed by atoms with Gasteiger partial charge < -0.3 is 15.3 Å². The van der Waals surface area contributed by atoms with Crippen molar-refractivity contribution >= 4 is 5.91 Å². The molecule has 0 aliphatic carbocycles. The molecule has 1 heterocycles. The van der Waals surface area contributed by atoms with Crippen LogP contribution < -0.4 is 14.8 Å². The number of nitrogens with one attached hydrogen (secondary N) is 1. The van der Waals surface area contributed by atoms with Crippen LogP contribution in [0.2, 0.25) is 0 Å². The summed E-state index contributed by atoms with van der Waals surface area (Å²) in [5, 5.41) is 13.6. The molecule has 2 aromatic rings. The first-order valence-electron chi connectivity index (χ1n) is 5.79. The van der Waals surface area contributed by atoms with Gasteiger partial charge in [0, 0.05) is 18.7 Å². The first kappa shape index (κ1) is 12.9. The number of methoxy groups -OCH3 is 1. The summed E-state index contributed by atoms with van der Waals surface area (Å²) in [5.41, 5.74) is 1.40. The van der Waals surface area contributed by atoms with Gasteiger partial charge in [0.2, 0.25) is 0 Å². The molecule has 1 N–H and O–H groups in total. The average Bonchev–Trinajstić information content (AvgIpc) is 2.46. The lowest BCUT2D eigenvalue weighted by Crippen LogP contribution is -2.27. The molecule has 0 aliphatic heterocycles. The van der Waals surface area contributed by atoms with Crippen molar-refractivity contribution < 1.29 is 14.3 Å². The van der Waals surface area contributed by atoms with Crippen molar-refractivity contribution in [3.05, 3.63) is 65.1 Å². The molecule has 0 atom stereocenters. The molecule has 98 valence electrons. The summed E-state index contributed by atoms with van der Waals surface area (Å²) >= 11 is 0. The maximum atomic E-state index is 11.8. The molecule has 0 unspecified atom stereocenters. The van der Waals surface area contributed by atoms with Crippen molar-refractivity contribution in [2.75, 3.05) is 7.11 Å². The molecule has 1 aromatic heterocycles. The molecule has 5 nitrogen and oxygen atoms in total. The quantitative estimate of drug-likeness (QED) is 0.663. The van der Waals surface area contributed by atoms with E-state index >= 15 is 0 Å². The van der Waals surface area contributed by atoms with Crippen LogP contribution in [0.15, 0.2) is 48.8 Å². The van der Waals surface area contributed by atoms with E-state index in [0.29, 0.717) is 16.8 Å². The standard InChI is InChI=1S/C14H14N2O3/c1-19-13-4-2-3-11(9-13)10-15-14(17)12-5-7-16(18)8-6-12/h2-9H,10H2,1H3,(H,15,17). The summed E-state index contributed by atoms with van der Waals surface area (Å²) in [4.78, 5) is 11.8. The summed E-state index contributed by atoms with van der Waals surface area (Å²) in [6, 6.07) is 10.4. The van der Waals surface area contributed by atoms with Crippen molar-refractivity contribution in [1.29, 1.82) is 0 Å². The summed E-state index contributed by atoms with van der Waals surface area (Å²) in [6.07, 6.45) is 2.58. The number of rotatable bonds is 4. The van der Waals surface area contributed by atoms with Gasteiger partial charge in [-0.3, -0.25) is 4.79 Å². The molecule has 0 radical (unpaired) electrons. The highest BCUT2D eigenvalue weighted by Crippen LogP contribution is 2.12. The van der Waals surface area contributed by atoms with E-state index in [1.54, 1.807) is 7.11 Å². The predicted molar refractivity (Wildman–Crippen MR) is 69.6 cm³/mol. The Morgan fingerprint density at radius 3 is 2.74 bits per heavy atom. The Morgan fingerprint density at radius 1 is 1.32 bits per heavy atom. The summed E-state index contributed by atoms with van der Waals surface area (Å²) < 4.78 is 5.75. The van der Waals surface area contributed by atoms with Crippen LogP contribution in [0.25, 0.3) is 0 Å². The first-order chi connectivity index (χ1) is 9.19. The van der Waals surface area contributed by atoms with Gasteiger partial charge in [-0.25, -0.2) is 0 Å². The van der Waals surface area contributed by atoms with E-state index in [9.17, 15) is 10.0 Å². The van der Waals surface area contributed by atoms with Crippen molar-refractivity contribution in [2.24, 2.45) is 0 Å². The normalized spacial score (nSPS) is 9.95. The van der Waals surface area contributed by atoms with Gasteiger partial charge in [0.25, 0.3) is 5.91 Å². The largest absolute Gasteiger partial charge is 0.619 e. The van der Waals surface area contributed by atoms with Gasteiger partial charge in [0.05, 0.1) is 12.7 Å². The van der Waals surface area contributed by atoms with Gasteiger partial charge in [-0.1, -0.05) is 12.1 Å². The molecule has 1 aromatic carbocycles. The van der Waals surface area contributed by atoms with Crippen molar-refractivity contribution in [1.82, 2.24) is 5.32 Å². The number of nitrogens with zero attached hydrogens (tertiary/aromatic N) is 1. The Labute approximate surface area is 111 Å². The van der Waals surface area contributed by atoms with Crippen molar-refractivity contribution in [3.8, 4) is 5.75 Å². The molecule has 0 aliphatic rings.